The summed E-state index contributed by atoms with van der Waals surface area (Å²) in [7, 11) is 0. The van der Waals surface area contributed by atoms with Crippen LogP contribution in [0.5, 0.6) is 0 Å². The van der Waals surface area contributed by atoms with Crippen LogP contribution in [0.3, 0.4) is 0 Å². The summed E-state index contributed by atoms with van der Waals surface area (Å²) in [6.07, 6.45) is 0.915. The molecule has 2 rings (SSSR count). The van der Waals surface area contributed by atoms with Crippen LogP contribution in [0, 0.1) is 5.92 Å². The van der Waals surface area contributed by atoms with Gasteiger partial charge in [0.15, 0.2) is 0 Å². The second-order valence-corrected chi connectivity index (χ2v) is 5.58. The van der Waals surface area contributed by atoms with E-state index in [0.717, 1.165) is 18.5 Å². The predicted octanol–water partition coefficient (Wildman–Crippen LogP) is 3.29. The molecular formula is C13H15Cl2NO2. The van der Waals surface area contributed by atoms with Crippen molar-refractivity contribution in [2.45, 2.75) is 25.9 Å². The molecule has 0 radical (unpaired) electrons. The van der Waals surface area contributed by atoms with Crippen molar-refractivity contribution in [3.63, 3.8) is 0 Å². The number of benzene rings is 1. The van der Waals surface area contributed by atoms with E-state index in [1.807, 2.05) is 17.9 Å². The van der Waals surface area contributed by atoms with Crippen molar-refractivity contribution in [1.82, 2.24) is 4.90 Å². The van der Waals surface area contributed by atoms with Crippen molar-refractivity contribution in [2.75, 3.05) is 6.54 Å². The summed E-state index contributed by atoms with van der Waals surface area (Å²) in [4.78, 5) is 13.2. The second kappa shape index (κ2) is 5.47. The first-order chi connectivity index (χ1) is 8.49. The molecule has 98 valence electrons. The highest BCUT2D eigenvalue weighted by atomic mass is 35.5. The molecule has 0 amide bonds. The quantitative estimate of drug-likeness (QED) is 0.927. The van der Waals surface area contributed by atoms with Crippen LogP contribution in [-0.4, -0.2) is 28.6 Å². The molecule has 5 heteroatoms. The SMILES string of the molecule is CC1CCN(Cc2ccc(Cl)c(Cl)c2)C1C(=O)O. The van der Waals surface area contributed by atoms with Gasteiger partial charge in [-0.1, -0.05) is 36.2 Å². The largest absolute Gasteiger partial charge is 0.480 e. The molecule has 1 fully saturated rings. The maximum atomic E-state index is 11.2. The van der Waals surface area contributed by atoms with Crippen molar-refractivity contribution >= 4 is 29.2 Å². The van der Waals surface area contributed by atoms with E-state index >= 15 is 0 Å². The van der Waals surface area contributed by atoms with Gasteiger partial charge in [0.2, 0.25) is 0 Å². The Labute approximate surface area is 116 Å². The van der Waals surface area contributed by atoms with E-state index in [9.17, 15) is 9.90 Å². The summed E-state index contributed by atoms with van der Waals surface area (Å²) in [5.74, 6) is -0.565. The van der Waals surface area contributed by atoms with Gasteiger partial charge in [0.1, 0.15) is 6.04 Å². The fourth-order valence-electron chi connectivity index (χ4n) is 2.48. The summed E-state index contributed by atoms with van der Waals surface area (Å²) in [5.41, 5.74) is 0.991. The molecule has 1 aliphatic rings. The molecule has 18 heavy (non-hydrogen) atoms. The number of halogens is 2. The minimum absolute atomic E-state index is 0.185. The topological polar surface area (TPSA) is 40.5 Å². The van der Waals surface area contributed by atoms with Crippen molar-refractivity contribution < 1.29 is 9.90 Å². The summed E-state index contributed by atoms with van der Waals surface area (Å²) in [5, 5.41) is 10.3. The van der Waals surface area contributed by atoms with E-state index in [0.29, 0.717) is 16.6 Å². The molecule has 0 spiro atoms. The number of likely N-dealkylation sites (tertiary alicyclic amines) is 1. The number of nitrogens with zero attached hydrogens (tertiary/aromatic N) is 1. The van der Waals surface area contributed by atoms with Crippen LogP contribution < -0.4 is 0 Å². The molecule has 0 aromatic heterocycles. The van der Waals surface area contributed by atoms with Crippen molar-refractivity contribution in [1.29, 1.82) is 0 Å². The maximum Gasteiger partial charge on any atom is 0.321 e. The van der Waals surface area contributed by atoms with Gasteiger partial charge in [-0.3, -0.25) is 9.69 Å². The highest BCUT2D eigenvalue weighted by Crippen LogP contribution is 2.28. The standard InChI is InChI=1S/C13H15Cl2NO2/c1-8-4-5-16(12(8)13(17)18)7-9-2-3-10(14)11(15)6-9/h2-3,6,8,12H,4-5,7H2,1H3,(H,17,18). The summed E-state index contributed by atoms with van der Waals surface area (Å²) >= 11 is 11.8. The first kappa shape index (κ1) is 13.7. The van der Waals surface area contributed by atoms with E-state index in [1.54, 1.807) is 12.1 Å². The lowest BCUT2D eigenvalue weighted by Crippen LogP contribution is -2.38. The van der Waals surface area contributed by atoms with Crippen LogP contribution in [0.2, 0.25) is 10.0 Å². The fraction of sp³-hybridized carbons (Fsp3) is 0.462. The summed E-state index contributed by atoms with van der Waals surface area (Å²) in [6, 6.07) is 5.02. The van der Waals surface area contributed by atoms with Crippen molar-refractivity contribution in [3.05, 3.63) is 33.8 Å². The Morgan fingerprint density at radius 3 is 2.78 bits per heavy atom. The lowest BCUT2D eigenvalue weighted by Gasteiger charge is -2.23. The van der Waals surface area contributed by atoms with Crippen LogP contribution in [0.4, 0.5) is 0 Å². The van der Waals surface area contributed by atoms with Gasteiger partial charge in [0, 0.05) is 6.54 Å². The Bertz CT molecular complexity index is 464. The molecule has 0 bridgehead atoms. The van der Waals surface area contributed by atoms with Crippen LogP contribution in [0.1, 0.15) is 18.9 Å². The summed E-state index contributed by atoms with van der Waals surface area (Å²) in [6.45, 7) is 3.38. The number of hydrogen-bond acceptors (Lipinski definition) is 2. The maximum absolute atomic E-state index is 11.2. The van der Waals surface area contributed by atoms with E-state index in [-0.39, 0.29) is 5.92 Å². The van der Waals surface area contributed by atoms with E-state index < -0.39 is 12.0 Å². The Kier molecular flexibility index (Phi) is 4.15. The lowest BCUT2D eigenvalue weighted by molar-refractivity contribution is -0.143. The third-order valence-corrected chi connectivity index (χ3v) is 4.17. The van der Waals surface area contributed by atoms with Gasteiger partial charge in [0.05, 0.1) is 10.0 Å². The molecule has 1 aromatic rings. The van der Waals surface area contributed by atoms with Gasteiger partial charge in [-0.25, -0.2) is 0 Å². The van der Waals surface area contributed by atoms with Gasteiger partial charge >= 0.3 is 5.97 Å². The average molecular weight is 288 g/mol. The molecule has 0 aliphatic carbocycles. The molecule has 1 saturated heterocycles. The average Bonchev–Trinajstić information content (AvgIpc) is 2.65. The number of hydrogen-bond donors (Lipinski definition) is 1. The molecular weight excluding hydrogens is 273 g/mol. The minimum atomic E-state index is -0.750. The van der Waals surface area contributed by atoms with Gasteiger partial charge in [-0.05, 0) is 36.6 Å². The zero-order valence-electron chi connectivity index (χ0n) is 10.1. The van der Waals surface area contributed by atoms with Crippen LogP contribution in [-0.2, 0) is 11.3 Å². The predicted molar refractivity (Wildman–Crippen MR) is 72.1 cm³/mol. The molecule has 3 nitrogen and oxygen atoms in total. The molecule has 1 N–H and O–H groups in total. The first-order valence-electron chi connectivity index (χ1n) is 5.90. The Morgan fingerprint density at radius 2 is 2.17 bits per heavy atom. The number of carbonyl (C=O) groups is 1. The highest BCUT2D eigenvalue weighted by molar-refractivity contribution is 6.42. The molecule has 1 heterocycles. The Hall–Kier alpha value is -0.770. The van der Waals surface area contributed by atoms with Gasteiger partial charge in [-0.2, -0.15) is 0 Å². The number of rotatable bonds is 3. The molecule has 2 unspecified atom stereocenters. The first-order valence-corrected chi connectivity index (χ1v) is 6.65. The zero-order valence-corrected chi connectivity index (χ0v) is 11.6. The second-order valence-electron chi connectivity index (χ2n) is 4.77. The third kappa shape index (κ3) is 2.79. The number of carboxylic acids is 1. The monoisotopic (exact) mass is 287 g/mol. The Balaban J connectivity index is 2.13. The fourth-order valence-corrected chi connectivity index (χ4v) is 2.80. The van der Waals surface area contributed by atoms with Crippen LogP contribution >= 0.6 is 23.2 Å². The lowest BCUT2D eigenvalue weighted by atomic mass is 10.0. The van der Waals surface area contributed by atoms with E-state index in [4.69, 9.17) is 23.2 Å². The van der Waals surface area contributed by atoms with Crippen molar-refractivity contribution in [3.8, 4) is 0 Å². The van der Waals surface area contributed by atoms with Crippen LogP contribution in [0.25, 0.3) is 0 Å². The highest BCUT2D eigenvalue weighted by Gasteiger charge is 2.36. The molecule has 0 saturated carbocycles. The minimum Gasteiger partial charge on any atom is -0.480 e. The normalized spacial score (nSPS) is 24.4. The Morgan fingerprint density at radius 1 is 1.44 bits per heavy atom. The summed E-state index contributed by atoms with van der Waals surface area (Å²) < 4.78 is 0. The smallest absolute Gasteiger partial charge is 0.321 e. The molecule has 1 aliphatic heterocycles. The third-order valence-electron chi connectivity index (χ3n) is 3.43. The molecule has 1 aromatic carbocycles. The molecule has 2 atom stereocenters. The van der Waals surface area contributed by atoms with Gasteiger partial charge in [-0.15, -0.1) is 0 Å². The zero-order chi connectivity index (χ0) is 13.3. The van der Waals surface area contributed by atoms with Crippen LogP contribution in [0.15, 0.2) is 18.2 Å². The number of carboxylic acid groups (broad SMARTS) is 1. The van der Waals surface area contributed by atoms with Crippen molar-refractivity contribution in [2.24, 2.45) is 5.92 Å². The van der Waals surface area contributed by atoms with Gasteiger partial charge in [0.25, 0.3) is 0 Å². The van der Waals surface area contributed by atoms with E-state index in [2.05, 4.69) is 0 Å². The van der Waals surface area contributed by atoms with E-state index in [1.165, 1.54) is 0 Å². The number of aliphatic carboxylic acids is 1. The van der Waals surface area contributed by atoms with Gasteiger partial charge < -0.3 is 5.11 Å².